The lowest BCUT2D eigenvalue weighted by Gasteiger charge is -2.31. The number of hydrogen-bond acceptors (Lipinski definition) is 5. The standard InChI is InChI=1S/C20H26N2O5/c1-26-15-4-2-3-13(9-15)11-21-19(24)10-16-7-8-17(18(12-23)27-16)22-20(25)14-5-6-14/h2-4,7-9,14,16-18,23H,5-6,10-12H2,1H3,(H,21,24)(H,22,25)/t16-,17-,18-/m1/s1. The Kier molecular flexibility index (Phi) is 6.47. The summed E-state index contributed by atoms with van der Waals surface area (Å²) >= 11 is 0. The molecule has 1 aliphatic heterocycles. The average molecular weight is 374 g/mol. The SMILES string of the molecule is COc1cccc(CNC(=O)C[C@H]2C=C[C@@H](NC(=O)C3CC3)[C@@H](CO)O2)c1. The molecule has 27 heavy (non-hydrogen) atoms. The molecule has 3 rings (SSSR count). The highest BCUT2D eigenvalue weighted by Gasteiger charge is 2.34. The van der Waals surface area contributed by atoms with Crippen molar-refractivity contribution in [3.05, 3.63) is 42.0 Å². The topological polar surface area (TPSA) is 96.9 Å². The van der Waals surface area contributed by atoms with E-state index in [1.807, 2.05) is 30.3 Å². The Morgan fingerprint density at radius 1 is 1.30 bits per heavy atom. The molecule has 0 radical (unpaired) electrons. The van der Waals surface area contributed by atoms with Crippen molar-refractivity contribution in [2.24, 2.45) is 5.92 Å². The number of amides is 2. The summed E-state index contributed by atoms with van der Waals surface area (Å²) in [4.78, 5) is 24.1. The molecule has 1 aliphatic carbocycles. The van der Waals surface area contributed by atoms with Crippen molar-refractivity contribution in [1.29, 1.82) is 0 Å². The quantitative estimate of drug-likeness (QED) is 0.588. The molecule has 0 spiro atoms. The van der Waals surface area contributed by atoms with Crippen LogP contribution < -0.4 is 15.4 Å². The third kappa shape index (κ3) is 5.55. The number of aliphatic hydroxyl groups excluding tert-OH is 1. The predicted octanol–water partition coefficient (Wildman–Crippen LogP) is 0.912. The second-order valence-electron chi connectivity index (χ2n) is 6.92. The summed E-state index contributed by atoms with van der Waals surface area (Å²) in [6.45, 7) is 0.178. The van der Waals surface area contributed by atoms with Gasteiger partial charge >= 0.3 is 0 Å². The molecule has 3 atom stereocenters. The smallest absolute Gasteiger partial charge is 0.223 e. The average Bonchev–Trinajstić information content (AvgIpc) is 3.53. The highest BCUT2D eigenvalue weighted by molar-refractivity contribution is 5.81. The third-order valence-electron chi connectivity index (χ3n) is 4.73. The number of ether oxygens (including phenoxy) is 2. The van der Waals surface area contributed by atoms with Crippen molar-refractivity contribution in [1.82, 2.24) is 10.6 Å². The first kappa shape index (κ1) is 19.4. The molecule has 1 fully saturated rings. The van der Waals surface area contributed by atoms with E-state index in [9.17, 15) is 14.7 Å². The lowest BCUT2D eigenvalue weighted by Crippen LogP contribution is -2.49. The van der Waals surface area contributed by atoms with Gasteiger partial charge in [-0.15, -0.1) is 0 Å². The minimum atomic E-state index is -0.547. The lowest BCUT2D eigenvalue weighted by molar-refractivity contribution is -0.128. The van der Waals surface area contributed by atoms with Crippen molar-refractivity contribution in [3.63, 3.8) is 0 Å². The zero-order valence-corrected chi connectivity index (χ0v) is 15.4. The van der Waals surface area contributed by atoms with Gasteiger partial charge in [0.1, 0.15) is 11.9 Å². The van der Waals surface area contributed by atoms with Crippen LogP contribution in [0.4, 0.5) is 0 Å². The summed E-state index contributed by atoms with van der Waals surface area (Å²) in [5, 5.41) is 15.3. The maximum atomic E-state index is 12.2. The first-order valence-corrected chi connectivity index (χ1v) is 9.23. The van der Waals surface area contributed by atoms with E-state index in [1.165, 1.54) is 0 Å². The maximum Gasteiger partial charge on any atom is 0.223 e. The monoisotopic (exact) mass is 374 g/mol. The van der Waals surface area contributed by atoms with E-state index in [0.29, 0.717) is 6.54 Å². The summed E-state index contributed by atoms with van der Waals surface area (Å²) < 4.78 is 10.9. The van der Waals surface area contributed by atoms with Gasteiger partial charge in [-0.2, -0.15) is 0 Å². The molecule has 1 aromatic carbocycles. The van der Waals surface area contributed by atoms with Crippen molar-refractivity contribution < 1.29 is 24.2 Å². The van der Waals surface area contributed by atoms with Crippen LogP contribution in [0.2, 0.25) is 0 Å². The molecule has 2 aliphatic rings. The molecule has 1 aromatic rings. The van der Waals surface area contributed by atoms with Crippen LogP contribution >= 0.6 is 0 Å². The highest BCUT2D eigenvalue weighted by Crippen LogP contribution is 2.29. The number of aliphatic hydroxyl groups is 1. The first-order valence-electron chi connectivity index (χ1n) is 9.23. The predicted molar refractivity (Wildman–Crippen MR) is 99.0 cm³/mol. The van der Waals surface area contributed by atoms with Crippen LogP contribution in [0.5, 0.6) is 5.75 Å². The maximum absolute atomic E-state index is 12.2. The number of carbonyl (C=O) groups excluding carboxylic acids is 2. The molecule has 0 saturated heterocycles. The van der Waals surface area contributed by atoms with Gasteiger partial charge in [0, 0.05) is 12.5 Å². The van der Waals surface area contributed by atoms with Gasteiger partial charge in [0.05, 0.1) is 32.3 Å². The molecule has 146 valence electrons. The summed E-state index contributed by atoms with van der Waals surface area (Å²) in [5.74, 6) is 0.689. The molecule has 2 amide bonds. The number of methoxy groups -OCH3 is 1. The summed E-state index contributed by atoms with van der Waals surface area (Å²) in [5.41, 5.74) is 0.943. The Bertz CT molecular complexity index is 701. The first-order chi connectivity index (χ1) is 13.1. The number of rotatable bonds is 8. The molecule has 7 heteroatoms. The molecule has 1 heterocycles. The fraction of sp³-hybridized carbons (Fsp3) is 0.500. The van der Waals surface area contributed by atoms with E-state index >= 15 is 0 Å². The summed E-state index contributed by atoms with van der Waals surface area (Å²) in [6.07, 6.45) is 4.60. The van der Waals surface area contributed by atoms with Gasteiger partial charge in [-0.25, -0.2) is 0 Å². The molecule has 3 N–H and O–H groups in total. The van der Waals surface area contributed by atoms with E-state index in [2.05, 4.69) is 10.6 Å². The minimum Gasteiger partial charge on any atom is -0.497 e. The van der Waals surface area contributed by atoms with Gasteiger partial charge < -0.3 is 25.2 Å². The van der Waals surface area contributed by atoms with Gasteiger partial charge in [-0.05, 0) is 30.5 Å². The molecule has 7 nitrogen and oxygen atoms in total. The second kappa shape index (κ2) is 9.01. The van der Waals surface area contributed by atoms with Crippen LogP contribution in [-0.2, 0) is 20.9 Å². The summed E-state index contributed by atoms with van der Waals surface area (Å²) in [6, 6.07) is 7.13. The molecule has 0 bridgehead atoms. The number of carbonyl (C=O) groups is 2. The van der Waals surface area contributed by atoms with E-state index in [4.69, 9.17) is 9.47 Å². The van der Waals surface area contributed by atoms with Crippen LogP contribution in [0, 0.1) is 5.92 Å². The Morgan fingerprint density at radius 2 is 2.11 bits per heavy atom. The van der Waals surface area contributed by atoms with Gasteiger partial charge in [-0.1, -0.05) is 24.3 Å². The molecular weight excluding hydrogens is 348 g/mol. The van der Waals surface area contributed by atoms with Crippen LogP contribution in [0.1, 0.15) is 24.8 Å². The Hall–Kier alpha value is -2.38. The molecule has 0 unspecified atom stereocenters. The van der Waals surface area contributed by atoms with Gasteiger partial charge in [-0.3, -0.25) is 9.59 Å². The van der Waals surface area contributed by atoms with Crippen LogP contribution in [0.3, 0.4) is 0 Å². The van der Waals surface area contributed by atoms with E-state index < -0.39 is 12.2 Å². The van der Waals surface area contributed by atoms with Crippen molar-refractivity contribution in [3.8, 4) is 5.75 Å². The van der Waals surface area contributed by atoms with Crippen LogP contribution in [-0.4, -0.2) is 48.9 Å². The van der Waals surface area contributed by atoms with Gasteiger partial charge in [0.15, 0.2) is 0 Å². The molecule has 0 aromatic heterocycles. The lowest BCUT2D eigenvalue weighted by atomic mass is 10.0. The minimum absolute atomic E-state index is 0.00109. The zero-order chi connectivity index (χ0) is 19.2. The Balaban J connectivity index is 1.48. The third-order valence-corrected chi connectivity index (χ3v) is 4.73. The second-order valence-corrected chi connectivity index (χ2v) is 6.92. The largest absolute Gasteiger partial charge is 0.497 e. The zero-order valence-electron chi connectivity index (χ0n) is 15.4. The highest BCUT2D eigenvalue weighted by atomic mass is 16.5. The number of hydrogen-bond donors (Lipinski definition) is 3. The Morgan fingerprint density at radius 3 is 2.81 bits per heavy atom. The van der Waals surface area contributed by atoms with E-state index in [1.54, 1.807) is 13.2 Å². The van der Waals surface area contributed by atoms with E-state index in [-0.39, 0.29) is 36.8 Å². The summed E-state index contributed by atoms with van der Waals surface area (Å²) in [7, 11) is 1.60. The molecular formula is C20H26N2O5. The molecule has 1 saturated carbocycles. The van der Waals surface area contributed by atoms with Gasteiger partial charge in [0.2, 0.25) is 11.8 Å². The Labute approximate surface area is 158 Å². The van der Waals surface area contributed by atoms with Crippen LogP contribution in [0.25, 0.3) is 0 Å². The van der Waals surface area contributed by atoms with Gasteiger partial charge in [0.25, 0.3) is 0 Å². The van der Waals surface area contributed by atoms with Crippen molar-refractivity contribution >= 4 is 11.8 Å². The fourth-order valence-electron chi connectivity index (χ4n) is 3.00. The normalized spacial score (nSPS) is 24.3. The van der Waals surface area contributed by atoms with Crippen molar-refractivity contribution in [2.45, 2.75) is 44.1 Å². The number of benzene rings is 1. The van der Waals surface area contributed by atoms with E-state index in [0.717, 1.165) is 24.2 Å². The van der Waals surface area contributed by atoms with Crippen LogP contribution in [0.15, 0.2) is 36.4 Å². The fourth-order valence-corrected chi connectivity index (χ4v) is 3.00. The number of nitrogens with one attached hydrogen (secondary N) is 2. The van der Waals surface area contributed by atoms with Crippen molar-refractivity contribution in [2.75, 3.05) is 13.7 Å².